The first-order chi connectivity index (χ1) is 16.0. The smallest absolute Gasteiger partial charge is 0.349 e. The van der Waals surface area contributed by atoms with Crippen LogP contribution in [0.25, 0.3) is 0 Å². The monoisotopic (exact) mass is 449 g/mol. The second-order valence-electron chi connectivity index (χ2n) is 8.77. The summed E-state index contributed by atoms with van der Waals surface area (Å²) in [6, 6.07) is 19.1. The Hall–Kier alpha value is -3.28. The van der Waals surface area contributed by atoms with Gasteiger partial charge in [0.2, 0.25) is 5.91 Å². The van der Waals surface area contributed by atoms with Crippen LogP contribution in [0.15, 0.2) is 54.6 Å². The van der Waals surface area contributed by atoms with Crippen LogP contribution in [-0.4, -0.2) is 54.6 Å². The molecular formula is C26H31N3O4. The van der Waals surface area contributed by atoms with Gasteiger partial charge in [-0.05, 0) is 56.2 Å². The van der Waals surface area contributed by atoms with Crippen molar-refractivity contribution in [3.05, 3.63) is 71.3 Å². The van der Waals surface area contributed by atoms with Crippen molar-refractivity contribution in [2.75, 3.05) is 19.6 Å². The quantitative estimate of drug-likeness (QED) is 0.707. The van der Waals surface area contributed by atoms with E-state index in [1.807, 2.05) is 25.1 Å². The van der Waals surface area contributed by atoms with E-state index in [1.165, 1.54) is 31.2 Å². The summed E-state index contributed by atoms with van der Waals surface area (Å²) in [6.45, 7) is 3.79. The molecule has 1 aliphatic heterocycles. The SMILES string of the molecule is Cc1cccc(C(=O)NCC(=O)NC2CN(C3CCC(c4ccccc4)CC3)C2)c1.O=C=O. The third-order valence-electron chi connectivity index (χ3n) is 6.45. The van der Waals surface area contributed by atoms with E-state index in [0.29, 0.717) is 17.5 Å². The average molecular weight is 450 g/mol. The third-order valence-corrected chi connectivity index (χ3v) is 6.45. The van der Waals surface area contributed by atoms with Crippen molar-refractivity contribution in [1.29, 1.82) is 0 Å². The summed E-state index contributed by atoms with van der Waals surface area (Å²) in [5.74, 6) is 0.365. The minimum Gasteiger partial charge on any atom is -0.349 e. The first-order valence-electron chi connectivity index (χ1n) is 11.4. The summed E-state index contributed by atoms with van der Waals surface area (Å²) >= 11 is 0. The standard InChI is InChI=1S/C25H31N3O2.CO2/c1-18-6-5-9-21(14-18)25(30)26-15-24(29)27-22-16-28(17-22)23-12-10-20(11-13-23)19-7-3-2-4-8-19;2-1-3/h2-9,14,20,22-23H,10-13,15-17H2,1H3,(H,26,30)(H,27,29);. The predicted molar refractivity (Wildman–Crippen MR) is 123 cm³/mol. The lowest BCUT2D eigenvalue weighted by molar-refractivity contribution is -0.191. The van der Waals surface area contributed by atoms with Gasteiger partial charge in [0.1, 0.15) is 0 Å². The Morgan fingerprint density at radius 3 is 2.27 bits per heavy atom. The molecule has 0 unspecified atom stereocenters. The van der Waals surface area contributed by atoms with E-state index < -0.39 is 0 Å². The molecule has 2 aromatic carbocycles. The van der Waals surface area contributed by atoms with E-state index in [1.54, 1.807) is 6.07 Å². The van der Waals surface area contributed by atoms with Gasteiger partial charge >= 0.3 is 6.15 Å². The summed E-state index contributed by atoms with van der Waals surface area (Å²) in [4.78, 5) is 43.1. The Balaban J connectivity index is 0.000000968. The molecule has 7 nitrogen and oxygen atoms in total. The van der Waals surface area contributed by atoms with Gasteiger partial charge in [-0.15, -0.1) is 0 Å². The maximum atomic E-state index is 12.2. The molecule has 0 aromatic heterocycles. The molecule has 4 rings (SSSR count). The summed E-state index contributed by atoms with van der Waals surface area (Å²) in [5, 5.41) is 5.75. The number of hydrogen-bond donors (Lipinski definition) is 2. The van der Waals surface area contributed by atoms with Crippen molar-refractivity contribution in [2.45, 2.75) is 50.6 Å². The van der Waals surface area contributed by atoms with E-state index in [-0.39, 0.29) is 30.6 Å². The van der Waals surface area contributed by atoms with Crippen LogP contribution in [-0.2, 0) is 14.4 Å². The van der Waals surface area contributed by atoms with Crippen LogP contribution >= 0.6 is 0 Å². The fourth-order valence-electron chi connectivity index (χ4n) is 4.73. The molecule has 33 heavy (non-hydrogen) atoms. The Labute approximate surface area is 194 Å². The number of carbonyl (C=O) groups is 2. The molecule has 1 saturated carbocycles. The number of hydrogen-bond acceptors (Lipinski definition) is 5. The molecule has 7 heteroatoms. The highest BCUT2D eigenvalue weighted by Crippen LogP contribution is 2.35. The van der Waals surface area contributed by atoms with Crippen LogP contribution in [0, 0.1) is 6.92 Å². The number of likely N-dealkylation sites (tertiary alicyclic amines) is 1. The fraction of sp³-hybridized carbons (Fsp3) is 0.423. The second-order valence-corrected chi connectivity index (χ2v) is 8.77. The van der Waals surface area contributed by atoms with Gasteiger partial charge in [0.05, 0.1) is 12.6 Å². The molecule has 2 aromatic rings. The molecule has 2 N–H and O–H groups in total. The fourth-order valence-corrected chi connectivity index (χ4v) is 4.73. The van der Waals surface area contributed by atoms with Crippen molar-refractivity contribution in [1.82, 2.24) is 15.5 Å². The molecule has 1 aliphatic carbocycles. The first kappa shape index (κ1) is 24.4. The van der Waals surface area contributed by atoms with Gasteiger partial charge in [0, 0.05) is 24.7 Å². The van der Waals surface area contributed by atoms with Gasteiger partial charge in [-0.25, -0.2) is 0 Å². The highest BCUT2D eigenvalue weighted by Gasteiger charge is 2.35. The summed E-state index contributed by atoms with van der Waals surface area (Å²) < 4.78 is 0. The van der Waals surface area contributed by atoms with Crippen LogP contribution in [0.2, 0.25) is 0 Å². The Bertz CT molecular complexity index is 959. The number of nitrogens with one attached hydrogen (secondary N) is 2. The summed E-state index contributed by atoms with van der Waals surface area (Å²) in [7, 11) is 0. The van der Waals surface area contributed by atoms with Crippen molar-refractivity contribution >= 4 is 18.0 Å². The molecule has 0 bridgehead atoms. The van der Waals surface area contributed by atoms with E-state index in [4.69, 9.17) is 9.59 Å². The summed E-state index contributed by atoms with van der Waals surface area (Å²) in [6.07, 6.45) is 5.19. The number of nitrogens with zero attached hydrogens (tertiary/aromatic N) is 1. The van der Waals surface area contributed by atoms with E-state index >= 15 is 0 Å². The number of rotatable bonds is 6. The normalized spacial score (nSPS) is 20.4. The van der Waals surface area contributed by atoms with Gasteiger partial charge < -0.3 is 10.6 Å². The van der Waals surface area contributed by atoms with Crippen LogP contribution in [0.4, 0.5) is 0 Å². The van der Waals surface area contributed by atoms with Gasteiger partial charge in [0.15, 0.2) is 0 Å². The number of benzene rings is 2. The second kappa shape index (κ2) is 12.1. The zero-order valence-corrected chi connectivity index (χ0v) is 19.0. The van der Waals surface area contributed by atoms with Gasteiger partial charge in [-0.2, -0.15) is 9.59 Å². The molecule has 0 radical (unpaired) electrons. The Morgan fingerprint density at radius 1 is 0.970 bits per heavy atom. The van der Waals surface area contributed by atoms with Gasteiger partial charge in [-0.3, -0.25) is 14.5 Å². The Morgan fingerprint density at radius 2 is 1.64 bits per heavy atom. The lowest BCUT2D eigenvalue weighted by Crippen LogP contribution is -2.63. The van der Waals surface area contributed by atoms with Crippen LogP contribution in [0.1, 0.15) is 53.1 Å². The van der Waals surface area contributed by atoms with Crippen LogP contribution in [0.5, 0.6) is 0 Å². The topological polar surface area (TPSA) is 95.6 Å². The lowest BCUT2D eigenvalue weighted by atomic mass is 9.80. The average Bonchev–Trinajstić information content (AvgIpc) is 2.81. The van der Waals surface area contributed by atoms with Crippen LogP contribution < -0.4 is 10.6 Å². The van der Waals surface area contributed by atoms with Gasteiger partial charge in [-0.1, -0.05) is 48.0 Å². The largest absolute Gasteiger partial charge is 0.373 e. The van der Waals surface area contributed by atoms with Crippen molar-refractivity contribution in [2.24, 2.45) is 0 Å². The number of aryl methyl sites for hydroxylation is 1. The zero-order chi connectivity index (χ0) is 23.6. The molecule has 1 heterocycles. The summed E-state index contributed by atoms with van der Waals surface area (Å²) in [5.41, 5.74) is 3.08. The molecule has 2 fully saturated rings. The third kappa shape index (κ3) is 7.11. The van der Waals surface area contributed by atoms with Crippen molar-refractivity contribution in [3.8, 4) is 0 Å². The molecule has 1 saturated heterocycles. The van der Waals surface area contributed by atoms with E-state index in [9.17, 15) is 9.59 Å². The highest BCUT2D eigenvalue weighted by molar-refractivity contribution is 5.96. The van der Waals surface area contributed by atoms with Crippen molar-refractivity contribution in [3.63, 3.8) is 0 Å². The molecule has 2 amide bonds. The van der Waals surface area contributed by atoms with Gasteiger partial charge in [0.25, 0.3) is 5.91 Å². The molecule has 0 atom stereocenters. The van der Waals surface area contributed by atoms with Crippen molar-refractivity contribution < 1.29 is 19.2 Å². The molecular weight excluding hydrogens is 418 g/mol. The highest BCUT2D eigenvalue weighted by atomic mass is 16.2. The predicted octanol–water partition coefficient (Wildman–Crippen LogP) is 2.67. The van der Waals surface area contributed by atoms with E-state index in [0.717, 1.165) is 18.7 Å². The molecule has 2 aliphatic rings. The Kier molecular flexibility index (Phi) is 8.93. The maximum absolute atomic E-state index is 12.2. The maximum Gasteiger partial charge on any atom is 0.373 e. The zero-order valence-electron chi connectivity index (χ0n) is 19.0. The minimum absolute atomic E-state index is 0.0193. The lowest BCUT2D eigenvalue weighted by Gasteiger charge is -2.46. The number of carbonyl (C=O) groups excluding carboxylic acids is 4. The molecule has 174 valence electrons. The minimum atomic E-state index is -0.209. The first-order valence-corrected chi connectivity index (χ1v) is 11.4. The number of amides is 2. The molecule has 0 spiro atoms. The van der Waals surface area contributed by atoms with Crippen LogP contribution in [0.3, 0.4) is 0 Å². The van der Waals surface area contributed by atoms with E-state index in [2.05, 4.69) is 45.9 Å².